The molecule has 2 aromatic carbocycles. The molecule has 1 atom stereocenters. The number of halogens is 1. The normalized spacial score (nSPS) is 17.5. The van der Waals surface area contributed by atoms with Gasteiger partial charge in [-0.15, -0.1) is 10.2 Å². The zero-order chi connectivity index (χ0) is 22.2. The summed E-state index contributed by atoms with van der Waals surface area (Å²) in [6.07, 6.45) is 3.42. The van der Waals surface area contributed by atoms with Gasteiger partial charge in [-0.25, -0.2) is 4.39 Å². The Morgan fingerprint density at radius 2 is 1.94 bits per heavy atom. The average molecular weight is 464 g/mol. The Labute approximate surface area is 194 Å². The van der Waals surface area contributed by atoms with Gasteiger partial charge in [-0.3, -0.25) is 4.57 Å². The summed E-state index contributed by atoms with van der Waals surface area (Å²) in [5, 5.41) is 9.69. The lowest BCUT2D eigenvalue weighted by molar-refractivity contribution is -0.112. The summed E-state index contributed by atoms with van der Waals surface area (Å²) in [5.41, 5.74) is 2.42. The Morgan fingerprint density at radius 3 is 2.73 bits per heavy atom. The molecule has 0 radical (unpaired) electrons. The molecule has 2 aromatic heterocycles. The van der Waals surface area contributed by atoms with Gasteiger partial charge in [0, 0.05) is 28.4 Å². The zero-order valence-electron chi connectivity index (χ0n) is 17.8. The molecule has 0 N–H and O–H groups in total. The molecular formula is C25H22FN3O3S. The molecule has 0 saturated heterocycles. The third-order valence-corrected chi connectivity index (χ3v) is 6.85. The van der Waals surface area contributed by atoms with E-state index < -0.39 is 6.29 Å². The van der Waals surface area contributed by atoms with Crippen molar-refractivity contribution in [2.24, 2.45) is 0 Å². The lowest BCUT2D eigenvalue weighted by Crippen LogP contribution is -2.19. The Bertz CT molecular complexity index is 1260. The molecule has 1 aliphatic heterocycles. The van der Waals surface area contributed by atoms with Crippen LogP contribution in [0.2, 0.25) is 0 Å². The van der Waals surface area contributed by atoms with Crippen LogP contribution in [0.1, 0.15) is 53.3 Å². The minimum atomic E-state index is -0.517. The molecule has 3 heterocycles. The highest BCUT2D eigenvalue weighted by Crippen LogP contribution is 2.42. The maximum absolute atomic E-state index is 14.4. The fraction of sp³-hybridized carbons (Fsp3) is 0.280. The predicted molar refractivity (Wildman–Crippen MR) is 120 cm³/mol. The minimum Gasteiger partial charge on any atom is -0.467 e. The van der Waals surface area contributed by atoms with E-state index >= 15 is 0 Å². The van der Waals surface area contributed by atoms with Gasteiger partial charge in [-0.2, -0.15) is 0 Å². The van der Waals surface area contributed by atoms with Crippen molar-refractivity contribution in [3.63, 3.8) is 0 Å². The monoisotopic (exact) mass is 463 g/mol. The van der Waals surface area contributed by atoms with E-state index in [1.165, 1.54) is 23.9 Å². The van der Waals surface area contributed by atoms with Crippen LogP contribution in [0.4, 0.5) is 4.39 Å². The third-order valence-electron chi connectivity index (χ3n) is 5.83. The van der Waals surface area contributed by atoms with Crippen molar-refractivity contribution in [2.45, 2.75) is 49.1 Å². The number of furan rings is 1. The number of hydrogen-bond acceptors (Lipinski definition) is 6. The van der Waals surface area contributed by atoms with Crippen LogP contribution in [0.25, 0.3) is 0 Å². The van der Waals surface area contributed by atoms with E-state index in [1.54, 1.807) is 6.26 Å². The highest BCUT2D eigenvalue weighted by Gasteiger charge is 2.31. The summed E-state index contributed by atoms with van der Waals surface area (Å²) in [5.74, 6) is 3.18. The van der Waals surface area contributed by atoms with Crippen molar-refractivity contribution in [2.75, 3.05) is 0 Å². The number of fused-ring (bicyclic) bond motifs is 1. The van der Waals surface area contributed by atoms with Crippen molar-refractivity contribution in [1.29, 1.82) is 0 Å². The number of thioether (sulfide) groups is 1. The fourth-order valence-electron chi connectivity index (χ4n) is 4.06. The van der Waals surface area contributed by atoms with Crippen LogP contribution in [-0.4, -0.2) is 14.8 Å². The summed E-state index contributed by atoms with van der Waals surface area (Å²) in [7, 11) is 0. The molecule has 1 aliphatic carbocycles. The van der Waals surface area contributed by atoms with E-state index in [9.17, 15) is 4.39 Å². The molecule has 6 nitrogen and oxygen atoms in total. The maximum atomic E-state index is 14.4. The van der Waals surface area contributed by atoms with Crippen molar-refractivity contribution < 1.29 is 18.3 Å². The van der Waals surface area contributed by atoms with E-state index in [4.69, 9.17) is 13.9 Å². The minimum absolute atomic E-state index is 0.296. The highest BCUT2D eigenvalue weighted by atomic mass is 32.2. The van der Waals surface area contributed by atoms with Crippen molar-refractivity contribution in [3.05, 3.63) is 95.0 Å². The molecule has 8 heteroatoms. The van der Waals surface area contributed by atoms with Crippen LogP contribution >= 0.6 is 11.8 Å². The van der Waals surface area contributed by atoms with Crippen molar-refractivity contribution in [1.82, 2.24) is 14.8 Å². The SMILES string of the molecule is Fc1cc2c(c(CSc3nnc(C4CC4)n3Cc3ccco3)c1)OC(c1ccccc1)OC2. The van der Waals surface area contributed by atoms with E-state index in [-0.39, 0.29) is 5.82 Å². The molecule has 0 bridgehead atoms. The second-order valence-corrected chi connectivity index (χ2v) is 9.24. The van der Waals surface area contributed by atoms with Gasteiger partial charge in [-0.1, -0.05) is 42.1 Å². The fourth-order valence-corrected chi connectivity index (χ4v) is 4.97. The van der Waals surface area contributed by atoms with E-state index in [0.717, 1.165) is 40.7 Å². The van der Waals surface area contributed by atoms with Gasteiger partial charge >= 0.3 is 0 Å². The number of rotatable bonds is 7. The smallest absolute Gasteiger partial charge is 0.227 e. The van der Waals surface area contributed by atoms with Crippen LogP contribution in [0.3, 0.4) is 0 Å². The molecule has 6 rings (SSSR count). The lowest BCUT2D eigenvalue weighted by Gasteiger charge is -2.28. The molecule has 0 amide bonds. The predicted octanol–water partition coefficient (Wildman–Crippen LogP) is 5.84. The van der Waals surface area contributed by atoms with Crippen LogP contribution in [0.15, 0.2) is 70.4 Å². The number of benzene rings is 2. The van der Waals surface area contributed by atoms with Gasteiger partial charge in [-0.05, 0) is 37.1 Å². The summed E-state index contributed by atoms with van der Waals surface area (Å²) in [4.78, 5) is 0. The van der Waals surface area contributed by atoms with Crippen molar-refractivity contribution >= 4 is 11.8 Å². The second kappa shape index (κ2) is 8.68. The van der Waals surface area contributed by atoms with E-state index in [1.807, 2.05) is 42.5 Å². The number of aromatic nitrogens is 3. The first-order valence-electron chi connectivity index (χ1n) is 11.0. The first-order chi connectivity index (χ1) is 16.2. The standard InChI is InChI=1S/C25H22FN3O3S/c26-20-11-18-14-31-24(17-5-2-1-3-6-17)32-22(18)19(12-20)15-33-25-28-27-23(16-8-9-16)29(25)13-21-7-4-10-30-21/h1-7,10-12,16,24H,8-9,13-15H2. The van der Waals surface area contributed by atoms with Gasteiger partial charge in [0.15, 0.2) is 5.16 Å². The molecule has 33 heavy (non-hydrogen) atoms. The van der Waals surface area contributed by atoms with Crippen molar-refractivity contribution in [3.8, 4) is 5.75 Å². The van der Waals surface area contributed by atoms with Gasteiger partial charge < -0.3 is 13.9 Å². The first kappa shape index (κ1) is 20.5. The Kier molecular flexibility index (Phi) is 5.39. The molecule has 0 spiro atoms. The van der Waals surface area contributed by atoms with Gasteiger partial charge in [0.1, 0.15) is 23.2 Å². The molecule has 2 aliphatic rings. The first-order valence-corrected chi connectivity index (χ1v) is 12.0. The van der Waals surface area contributed by atoms with Crippen LogP contribution in [-0.2, 0) is 23.6 Å². The highest BCUT2D eigenvalue weighted by molar-refractivity contribution is 7.98. The van der Waals surface area contributed by atoms with Crippen LogP contribution in [0.5, 0.6) is 5.75 Å². The summed E-state index contributed by atoms with van der Waals surface area (Å²) < 4.78 is 34.1. The van der Waals surface area contributed by atoms with Gasteiger partial charge in [0.05, 0.1) is 19.4 Å². The molecular weight excluding hydrogens is 441 g/mol. The summed E-state index contributed by atoms with van der Waals surface area (Å²) in [6, 6.07) is 16.6. The topological polar surface area (TPSA) is 62.3 Å². The molecule has 1 saturated carbocycles. The molecule has 168 valence electrons. The Hall–Kier alpha value is -3.10. The zero-order valence-corrected chi connectivity index (χ0v) is 18.6. The molecule has 1 unspecified atom stereocenters. The Balaban J connectivity index is 1.26. The average Bonchev–Trinajstić information content (AvgIpc) is 3.40. The van der Waals surface area contributed by atoms with Gasteiger partial charge in [0.25, 0.3) is 0 Å². The van der Waals surface area contributed by atoms with Gasteiger partial charge in [0.2, 0.25) is 6.29 Å². The molecule has 1 fully saturated rings. The van der Waals surface area contributed by atoms with E-state index in [2.05, 4.69) is 14.8 Å². The third kappa shape index (κ3) is 4.28. The van der Waals surface area contributed by atoms with Crippen LogP contribution < -0.4 is 4.74 Å². The number of ether oxygens (including phenoxy) is 2. The van der Waals surface area contributed by atoms with Crippen LogP contribution in [0, 0.1) is 5.82 Å². The largest absolute Gasteiger partial charge is 0.467 e. The Morgan fingerprint density at radius 1 is 1.06 bits per heavy atom. The number of nitrogens with zero attached hydrogens (tertiary/aromatic N) is 3. The lowest BCUT2D eigenvalue weighted by atomic mass is 10.1. The molecule has 4 aromatic rings. The van der Waals surface area contributed by atoms with E-state index in [0.29, 0.717) is 36.1 Å². The second-order valence-electron chi connectivity index (χ2n) is 8.29. The quantitative estimate of drug-likeness (QED) is 0.321. The summed E-state index contributed by atoms with van der Waals surface area (Å²) in [6.45, 7) is 0.876. The number of hydrogen-bond donors (Lipinski definition) is 0. The summed E-state index contributed by atoms with van der Waals surface area (Å²) >= 11 is 1.53. The maximum Gasteiger partial charge on any atom is 0.227 e.